The lowest BCUT2D eigenvalue weighted by Crippen LogP contribution is -2.40. The van der Waals surface area contributed by atoms with Crippen molar-refractivity contribution >= 4 is 12.0 Å². The average molecular weight is 268 g/mol. The van der Waals surface area contributed by atoms with Crippen molar-refractivity contribution in [2.45, 2.75) is 20.4 Å². The van der Waals surface area contributed by atoms with Gasteiger partial charge in [0, 0.05) is 38.4 Å². The van der Waals surface area contributed by atoms with E-state index in [1.54, 1.807) is 24.9 Å². The Bertz CT molecular complexity index is 470. The number of aliphatic carboxylic acids is 1. The van der Waals surface area contributed by atoms with Crippen LogP contribution in [0.25, 0.3) is 0 Å². The van der Waals surface area contributed by atoms with Crippen LogP contribution in [0.3, 0.4) is 0 Å². The summed E-state index contributed by atoms with van der Waals surface area (Å²) in [4.78, 5) is 23.9. The van der Waals surface area contributed by atoms with Crippen LogP contribution in [0, 0.1) is 12.8 Å². The van der Waals surface area contributed by atoms with Gasteiger partial charge in [0.05, 0.1) is 12.1 Å². The second-order valence-corrected chi connectivity index (χ2v) is 4.66. The standard InChI is InChI=1S/C12H20N4O3/c1-8(11(17)18)7-15(3)12(19)13-5-10-6-14-16(4)9(10)2/h6,8H,5,7H2,1-4H3,(H,13,19)(H,17,18). The first-order valence-corrected chi connectivity index (χ1v) is 6.02. The highest BCUT2D eigenvalue weighted by Gasteiger charge is 2.17. The molecule has 2 N–H and O–H groups in total. The van der Waals surface area contributed by atoms with Crippen molar-refractivity contribution in [2.75, 3.05) is 13.6 Å². The first-order chi connectivity index (χ1) is 8.82. The van der Waals surface area contributed by atoms with Crippen LogP contribution in [-0.4, -0.2) is 45.4 Å². The van der Waals surface area contributed by atoms with E-state index in [1.165, 1.54) is 4.90 Å². The van der Waals surface area contributed by atoms with Crippen molar-refractivity contribution in [2.24, 2.45) is 13.0 Å². The minimum Gasteiger partial charge on any atom is -0.481 e. The minimum atomic E-state index is -0.914. The van der Waals surface area contributed by atoms with Crippen LogP contribution in [0.2, 0.25) is 0 Å². The van der Waals surface area contributed by atoms with E-state index in [2.05, 4.69) is 10.4 Å². The fourth-order valence-corrected chi connectivity index (χ4v) is 1.60. The molecule has 0 radical (unpaired) electrons. The Labute approximate surface area is 112 Å². The van der Waals surface area contributed by atoms with Crippen molar-refractivity contribution in [3.8, 4) is 0 Å². The van der Waals surface area contributed by atoms with Gasteiger partial charge in [0.15, 0.2) is 0 Å². The molecule has 19 heavy (non-hydrogen) atoms. The zero-order chi connectivity index (χ0) is 14.6. The Morgan fingerprint density at radius 1 is 1.58 bits per heavy atom. The number of nitrogens with one attached hydrogen (secondary N) is 1. The first-order valence-electron chi connectivity index (χ1n) is 6.02. The quantitative estimate of drug-likeness (QED) is 0.818. The van der Waals surface area contributed by atoms with Gasteiger partial charge in [-0.3, -0.25) is 9.48 Å². The molecule has 7 nitrogen and oxygen atoms in total. The lowest BCUT2D eigenvalue weighted by molar-refractivity contribution is -0.141. The summed E-state index contributed by atoms with van der Waals surface area (Å²) in [6.45, 7) is 4.04. The van der Waals surface area contributed by atoms with Crippen LogP contribution in [0.5, 0.6) is 0 Å². The van der Waals surface area contributed by atoms with E-state index in [1.807, 2.05) is 14.0 Å². The Hall–Kier alpha value is -2.05. The Balaban J connectivity index is 2.47. The number of carbonyl (C=O) groups is 2. The number of hydrogen-bond acceptors (Lipinski definition) is 3. The van der Waals surface area contributed by atoms with E-state index >= 15 is 0 Å². The summed E-state index contributed by atoms with van der Waals surface area (Å²) in [5, 5.41) is 15.6. The van der Waals surface area contributed by atoms with E-state index in [0.717, 1.165) is 11.3 Å². The van der Waals surface area contributed by atoms with Gasteiger partial charge in [-0.1, -0.05) is 6.92 Å². The number of amides is 2. The second-order valence-electron chi connectivity index (χ2n) is 4.66. The SMILES string of the molecule is Cc1c(CNC(=O)N(C)CC(C)C(=O)O)cnn1C. The smallest absolute Gasteiger partial charge is 0.317 e. The molecule has 1 atom stereocenters. The molecule has 0 saturated heterocycles. The number of urea groups is 1. The molecule has 0 fully saturated rings. The molecule has 1 aromatic heterocycles. The fourth-order valence-electron chi connectivity index (χ4n) is 1.60. The minimum absolute atomic E-state index is 0.174. The van der Waals surface area contributed by atoms with Gasteiger partial charge in [0.25, 0.3) is 0 Å². The van der Waals surface area contributed by atoms with E-state index in [4.69, 9.17) is 5.11 Å². The van der Waals surface area contributed by atoms with Gasteiger partial charge in [-0.25, -0.2) is 4.79 Å². The van der Waals surface area contributed by atoms with Crippen LogP contribution in [0.1, 0.15) is 18.2 Å². The van der Waals surface area contributed by atoms with Crippen LogP contribution >= 0.6 is 0 Å². The van der Waals surface area contributed by atoms with Crippen LogP contribution < -0.4 is 5.32 Å². The lowest BCUT2D eigenvalue weighted by atomic mass is 10.2. The summed E-state index contributed by atoms with van der Waals surface area (Å²) in [5.41, 5.74) is 1.93. The molecule has 1 rings (SSSR count). The summed E-state index contributed by atoms with van der Waals surface area (Å²) in [6.07, 6.45) is 1.70. The van der Waals surface area contributed by atoms with Gasteiger partial charge in [0.1, 0.15) is 0 Å². The molecule has 0 aliphatic rings. The predicted molar refractivity (Wildman–Crippen MR) is 69.6 cm³/mol. The maximum Gasteiger partial charge on any atom is 0.317 e. The number of carboxylic acids is 1. The van der Waals surface area contributed by atoms with Gasteiger partial charge < -0.3 is 15.3 Å². The number of carboxylic acid groups (broad SMARTS) is 1. The van der Waals surface area contributed by atoms with Crippen molar-refractivity contribution < 1.29 is 14.7 Å². The van der Waals surface area contributed by atoms with E-state index < -0.39 is 11.9 Å². The highest BCUT2D eigenvalue weighted by atomic mass is 16.4. The maximum atomic E-state index is 11.8. The number of nitrogens with zero attached hydrogens (tertiary/aromatic N) is 3. The van der Waals surface area contributed by atoms with Crippen LogP contribution in [0.4, 0.5) is 4.79 Å². The number of aromatic nitrogens is 2. The highest BCUT2D eigenvalue weighted by Crippen LogP contribution is 2.05. The molecule has 0 aliphatic heterocycles. The second kappa shape index (κ2) is 6.21. The predicted octanol–water partition coefficient (Wildman–Crippen LogP) is 0.591. The summed E-state index contributed by atoms with van der Waals surface area (Å²) >= 11 is 0. The first kappa shape index (κ1) is 15.0. The number of hydrogen-bond donors (Lipinski definition) is 2. The summed E-state index contributed by atoms with van der Waals surface area (Å²) < 4.78 is 1.73. The van der Waals surface area contributed by atoms with Crippen molar-refractivity contribution in [1.29, 1.82) is 0 Å². The molecule has 106 valence electrons. The van der Waals surface area contributed by atoms with Crippen LogP contribution in [0.15, 0.2) is 6.20 Å². The van der Waals surface area contributed by atoms with Gasteiger partial charge in [-0.15, -0.1) is 0 Å². The summed E-state index contributed by atoms with van der Waals surface area (Å²) in [7, 11) is 3.41. The molecule has 1 heterocycles. The Morgan fingerprint density at radius 3 is 2.68 bits per heavy atom. The molecule has 0 spiro atoms. The van der Waals surface area contributed by atoms with Gasteiger partial charge in [-0.2, -0.15) is 5.10 Å². The third-order valence-electron chi connectivity index (χ3n) is 3.08. The highest BCUT2D eigenvalue weighted by molar-refractivity contribution is 5.75. The topological polar surface area (TPSA) is 87.5 Å². The summed E-state index contributed by atoms with van der Waals surface area (Å²) in [5.74, 6) is -1.50. The molecule has 0 saturated carbocycles. The van der Waals surface area contributed by atoms with Gasteiger partial charge in [-0.05, 0) is 6.92 Å². The normalized spacial score (nSPS) is 12.0. The van der Waals surface area contributed by atoms with Gasteiger partial charge in [0.2, 0.25) is 0 Å². The van der Waals surface area contributed by atoms with Gasteiger partial charge >= 0.3 is 12.0 Å². The third-order valence-corrected chi connectivity index (χ3v) is 3.08. The van der Waals surface area contributed by atoms with Crippen molar-refractivity contribution in [3.63, 3.8) is 0 Å². The molecule has 0 bridgehead atoms. The largest absolute Gasteiger partial charge is 0.481 e. The molecule has 0 aliphatic carbocycles. The van der Waals surface area contributed by atoms with E-state index in [9.17, 15) is 9.59 Å². The van der Waals surface area contributed by atoms with E-state index in [-0.39, 0.29) is 12.6 Å². The van der Waals surface area contributed by atoms with E-state index in [0.29, 0.717) is 6.54 Å². The van der Waals surface area contributed by atoms with Crippen molar-refractivity contribution in [3.05, 3.63) is 17.5 Å². The zero-order valence-corrected chi connectivity index (χ0v) is 11.7. The molecule has 2 amide bonds. The maximum absolute atomic E-state index is 11.8. The van der Waals surface area contributed by atoms with Crippen molar-refractivity contribution in [1.82, 2.24) is 20.0 Å². The number of rotatable bonds is 5. The fraction of sp³-hybridized carbons (Fsp3) is 0.583. The monoisotopic (exact) mass is 268 g/mol. The average Bonchev–Trinajstić information content (AvgIpc) is 2.66. The summed E-state index contributed by atoms with van der Waals surface area (Å²) in [6, 6.07) is -0.295. The molecular formula is C12H20N4O3. The third kappa shape index (κ3) is 3.97. The Morgan fingerprint density at radius 2 is 2.21 bits per heavy atom. The lowest BCUT2D eigenvalue weighted by Gasteiger charge is -2.19. The molecule has 0 aromatic carbocycles. The number of carbonyl (C=O) groups excluding carboxylic acids is 1. The molecule has 1 aromatic rings. The number of aryl methyl sites for hydroxylation is 1. The Kier molecular flexibility index (Phi) is 4.91. The zero-order valence-electron chi connectivity index (χ0n) is 11.7. The van der Waals surface area contributed by atoms with Crippen LogP contribution in [-0.2, 0) is 18.4 Å². The molecular weight excluding hydrogens is 248 g/mol. The molecule has 7 heteroatoms. The molecule has 1 unspecified atom stereocenters.